The van der Waals surface area contributed by atoms with Crippen LogP contribution in [-0.4, -0.2) is 12.0 Å². The van der Waals surface area contributed by atoms with Gasteiger partial charge in [-0.2, -0.15) is 0 Å². The van der Waals surface area contributed by atoms with Gasteiger partial charge in [-0.15, -0.1) is 0 Å². The first-order valence-electron chi connectivity index (χ1n) is 6.02. The average Bonchev–Trinajstić information content (AvgIpc) is 2.41. The number of hydrogen-bond acceptors (Lipinski definition) is 2. The monoisotopic (exact) mass is 308 g/mol. The zero-order valence-electron chi connectivity index (χ0n) is 10.9. The third-order valence-corrected chi connectivity index (χ3v) is 3.51. The normalized spacial score (nSPS) is 10.3. The van der Waals surface area contributed by atoms with Crippen LogP contribution in [0.5, 0.6) is 0 Å². The molecule has 0 saturated heterocycles. The van der Waals surface area contributed by atoms with E-state index in [0.29, 0.717) is 16.6 Å². The fraction of sp³-hybridized carbons (Fsp3) is 0.133. The zero-order chi connectivity index (χ0) is 14.7. The number of anilines is 1. The molecule has 2 N–H and O–H groups in total. The highest BCUT2D eigenvalue weighted by Crippen LogP contribution is 2.27. The standard InChI is InChI=1S/C15H14ClFN2S/c1-19(9-10-2-5-12(17)6-3-10)14-7-4-11(15(18)20)8-13(14)16/h2-8H,9H2,1H3,(H2,18,20). The van der Waals surface area contributed by atoms with E-state index in [9.17, 15) is 4.39 Å². The van der Waals surface area contributed by atoms with Crippen LogP contribution in [0.3, 0.4) is 0 Å². The van der Waals surface area contributed by atoms with Gasteiger partial charge in [0.05, 0.1) is 10.7 Å². The van der Waals surface area contributed by atoms with Crippen molar-refractivity contribution < 1.29 is 4.39 Å². The van der Waals surface area contributed by atoms with Crippen LogP contribution in [0.4, 0.5) is 10.1 Å². The minimum atomic E-state index is -0.241. The number of nitrogens with two attached hydrogens (primary N) is 1. The first-order valence-corrected chi connectivity index (χ1v) is 6.81. The molecule has 2 nitrogen and oxygen atoms in total. The molecule has 104 valence electrons. The predicted octanol–water partition coefficient (Wildman–Crippen LogP) is 3.75. The third kappa shape index (κ3) is 3.46. The van der Waals surface area contributed by atoms with Gasteiger partial charge in [-0.1, -0.05) is 36.0 Å². The lowest BCUT2D eigenvalue weighted by atomic mass is 10.1. The molecule has 0 unspecified atom stereocenters. The van der Waals surface area contributed by atoms with Crippen LogP contribution < -0.4 is 10.6 Å². The van der Waals surface area contributed by atoms with Gasteiger partial charge in [0, 0.05) is 19.2 Å². The fourth-order valence-corrected chi connectivity index (χ4v) is 2.37. The van der Waals surface area contributed by atoms with Crippen molar-refractivity contribution in [3.05, 3.63) is 64.4 Å². The molecule has 0 aliphatic heterocycles. The van der Waals surface area contributed by atoms with E-state index in [1.165, 1.54) is 12.1 Å². The van der Waals surface area contributed by atoms with Gasteiger partial charge < -0.3 is 10.6 Å². The molecule has 0 aliphatic rings. The van der Waals surface area contributed by atoms with E-state index in [2.05, 4.69) is 0 Å². The van der Waals surface area contributed by atoms with Crippen LogP contribution in [0.2, 0.25) is 5.02 Å². The Morgan fingerprint density at radius 1 is 1.25 bits per heavy atom. The molecule has 0 heterocycles. The maximum absolute atomic E-state index is 12.9. The number of rotatable bonds is 4. The van der Waals surface area contributed by atoms with Gasteiger partial charge in [-0.25, -0.2) is 4.39 Å². The number of nitrogens with zero attached hydrogens (tertiary/aromatic N) is 1. The second-order valence-electron chi connectivity index (χ2n) is 4.51. The SMILES string of the molecule is CN(Cc1ccc(F)cc1)c1ccc(C(N)=S)cc1Cl. The van der Waals surface area contributed by atoms with Gasteiger partial charge in [-0.05, 0) is 35.9 Å². The Balaban J connectivity index is 2.18. The van der Waals surface area contributed by atoms with E-state index >= 15 is 0 Å². The first-order chi connectivity index (χ1) is 9.47. The fourth-order valence-electron chi connectivity index (χ4n) is 1.92. The second kappa shape index (κ2) is 6.20. The lowest BCUT2D eigenvalue weighted by molar-refractivity contribution is 0.627. The molecule has 20 heavy (non-hydrogen) atoms. The third-order valence-electron chi connectivity index (χ3n) is 2.98. The molecule has 0 aromatic heterocycles. The molecule has 2 aromatic carbocycles. The van der Waals surface area contributed by atoms with Crippen molar-refractivity contribution in [3.8, 4) is 0 Å². The van der Waals surface area contributed by atoms with E-state index < -0.39 is 0 Å². The molecule has 2 aromatic rings. The maximum atomic E-state index is 12.9. The minimum Gasteiger partial charge on any atom is -0.389 e. The summed E-state index contributed by atoms with van der Waals surface area (Å²) in [5, 5.41) is 0.583. The Hall–Kier alpha value is -1.65. The van der Waals surface area contributed by atoms with Crippen molar-refractivity contribution in [1.29, 1.82) is 0 Å². The second-order valence-corrected chi connectivity index (χ2v) is 5.36. The highest BCUT2D eigenvalue weighted by atomic mass is 35.5. The molecular formula is C15H14ClFN2S. The van der Waals surface area contributed by atoms with Crippen molar-refractivity contribution in [3.63, 3.8) is 0 Å². The molecule has 0 spiro atoms. The molecule has 0 amide bonds. The van der Waals surface area contributed by atoms with Gasteiger partial charge in [0.2, 0.25) is 0 Å². The van der Waals surface area contributed by atoms with Gasteiger partial charge in [0.25, 0.3) is 0 Å². The average molecular weight is 309 g/mol. The van der Waals surface area contributed by atoms with Crippen LogP contribution in [-0.2, 0) is 6.54 Å². The van der Waals surface area contributed by atoms with Crippen molar-refractivity contribution in [2.24, 2.45) is 5.73 Å². The van der Waals surface area contributed by atoms with Crippen LogP contribution in [0.1, 0.15) is 11.1 Å². The van der Waals surface area contributed by atoms with Crippen molar-refractivity contribution >= 4 is 34.5 Å². The summed E-state index contributed by atoms with van der Waals surface area (Å²) in [4.78, 5) is 2.30. The van der Waals surface area contributed by atoms with Crippen molar-refractivity contribution in [1.82, 2.24) is 0 Å². The summed E-state index contributed by atoms with van der Waals surface area (Å²) in [6, 6.07) is 11.9. The van der Waals surface area contributed by atoms with Crippen molar-refractivity contribution in [2.45, 2.75) is 6.54 Å². The van der Waals surface area contributed by atoms with Gasteiger partial charge in [0.15, 0.2) is 0 Å². The molecule has 0 saturated carbocycles. The summed E-state index contributed by atoms with van der Waals surface area (Å²) in [5.74, 6) is -0.241. The Labute approximate surface area is 128 Å². The largest absolute Gasteiger partial charge is 0.389 e. The number of halogens is 2. The molecule has 0 radical (unpaired) electrons. The lowest BCUT2D eigenvalue weighted by Crippen LogP contribution is -2.17. The van der Waals surface area contributed by atoms with E-state index in [1.807, 2.05) is 24.1 Å². The van der Waals surface area contributed by atoms with Crippen LogP contribution >= 0.6 is 23.8 Å². The Morgan fingerprint density at radius 3 is 2.45 bits per heavy atom. The molecular weight excluding hydrogens is 295 g/mol. The molecule has 2 rings (SSSR count). The number of hydrogen-bond donors (Lipinski definition) is 1. The van der Waals surface area contributed by atoms with Gasteiger partial charge in [0.1, 0.15) is 10.8 Å². The van der Waals surface area contributed by atoms with Crippen LogP contribution in [0.25, 0.3) is 0 Å². The van der Waals surface area contributed by atoms with E-state index in [4.69, 9.17) is 29.6 Å². The molecule has 0 fully saturated rings. The highest BCUT2D eigenvalue weighted by Gasteiger charge is 2.08. The summed E-state index contributed by atoms with van der Waals surface area (Å²) < 4.78 is 12.9. The van der Waals surface area contributed by atoms with Crippen molar-refractivity contribution in [2.75, 3.05) is 11.9 Å². The topological polar surface area (TPSA) is 29.3 Å². The molecule has 5 heteroatoms. The Morgan fingerprint density at radius 2 is 1.90 bits per heavy atom. The summed E-state index contributed by atoms with van der Waals surface area (Å²) in [6.45, 7) is 0.631. The first kappa shape index (κ1) is 14.8. The van der Waals surface area contributed by atoms with E-state index in [-0.39, 0.29) is 5.82 Å². The Kier molecular flexibility index (Phi) is 4.57. The molecule has 0 atom stereocenters. The van der Waals surface area contributed by atoms with E-state index in [0.717, 1.165) is 16.8 Å². The van der Waals surface area contributed by atoms with Gasteiger partial charge >= 0.3 is 0 Å². The quantitative estimate of drug-likeness (QED) is 0.872. The van der Waals surface area contributed by atoms with E-state index in [1.54, 1.807) is 18.2 Å². The predicted molar refractivity (Wildman–Crippen MR) is 85.8 cm³/mol. The minimum absolute atomic E-state index is 0.241. The summed E-state index contributed by atoms with van der Waals surface area (Å²) >= 11 is 11.2. The smallest absolute Gasteiger partial charge is 0.123 e. The summed E-state index contributed by atoms with van der Waals surface area (Å²) in [6.07, 6.45) is 0. The maximum Gasteiger partial charge on any atom is 0.123 e. The highest BCUT2D eigenvalue weighted by molar-refractivity contribution is 7.80. The summed E-state index contributed by atoms with van der Waals surface area (Å²) in [7, 11) is 1.92. The van der Waals surface area contributed by atoms with Crippen LogP contribution in [0, 0.1) is 5.82 Å². The lowest BCUT2D eigenvalue weighted by Gasteiger charge is -2.21. The Bertz CT molecular complexity index is 628. The zero-order valence-corrected chi connectivity index (χ0v) is 12.5. The van der Waals surface area contributed by atoms with Crippen LogP contribution in [0.15, 0.2) is 42.5 Å². The number of thiocarbonyl (C=S) groups is 1. The molecule has 0 aliphatic carbocycles. The van der Waals surface area contributed by atoms with Gasteiger partial charge in [-0.3, -0.25) is 0 Å². The number of benzene rings is 2. The molecule has 0 bridgehead atoms. The summed E-state index contributed by atoms with van der Waals surface area (Å²) in [5.41, 5.74) is 8.18.